The van der Waals surface area contributed by atoms with Gasteiger partial charge in [0.2, 0.25) is 0 Å². The lowest BCUT2D eigenvalue weighted by atomic mass is 10.3. The van der Waals surface area contributed by atoms with Crippen molar-refractivity contribution >= 4 is 31.8 Å². The molecule has 0 saturated carbocycles. The van der Waals surface area contributed by atoms with Crippen molar-refractivity contribution in [2.24, 2.45) is 0 Å². The van der Waals surface area contributed by atoms with E-state index in [9.17, 15) is 8.42 Å². The summed E-state index contributed by atoms with van der Waals surface area (Å²) in [6.07, 6.45) is 1.54. The average Bonchev–Trinajstić information content (AvgIpc) is 2.74. The summed E-state index contributed by atoms with van der Waals surface area (Å²) in [5.74, 6) is 0.606. The first-order valence-corrected chi connectivity index (χ1v) is 7.58. The maximum Gasteiger partial charge on any atom is 0.266 e. The number of halogens is 1. The second kappa shape index (κ2) is 5.22. The molecule has 0 fully saturated rings. The van der Waals surface area contributed by atoms with Crippen molar-refractivity contribution in [2.45, 2.75) is 11.8 Å². The van der Waals surface area contributed by atoms with Gasteiger partial charge in [0, 0.05) is 10.0 Å². The van der Waals surface area contributed by atoms with Gasteiger partial charge in [-0.2, -0.15) is 5.10 Å². The van der Waals surface area contributed by atoms with E-state index < -0.39 is 10.0 Å². The predicted molar refractivity (Wildman–Crippen MR) is 74.8 cm³/mol. The second-order valence-corrected chi connectivity index (χ2v) is 6.40. The number of H-pyrrole nitrogens is 1. The molecule has 0 spiro atoms. The summed E-state index contributed by atoms with van der Waals surface area (Å²) in [6.45, 7) is 1.75. The first-order chi connectivity index (χ1) is 8.94. The molecule has 0 aliphatic carbocycles. The van der Waals surface area contributed by atoms with E-state index >= 15 is 0 Å². The molecule has 2 aromatic rings. The Bertz CT molecular complexity index is 697. The standard InChI is InChI=1S/C11H12BrN3O3S/c1-7-6-13-14-11(7)15-19(16,17)10-5-8(12)3-4-9(10)18-2/h3-6H,1-2H3,(H2,13,14,15). The molecule has 2 N–H and O–H groups in total. The van der Waals surface area contributed by atoms with Crippen molar-refractivity contribution in [3.8, 4) is 5.75 Å². The monoisotopic (exact) mass is 345 g/mol. The van der Waals surface area contributed by atoms with Crippen LogP contribution in [-0.4, -0.2) is 25.7 Å². The van der Waals surface area contributed by atoms with E-state index in [1.54, 1.807) is 19.1 Å². The minimum atomic E-state index is -3.75. The molecule has 0 aliphatic rings. The number of benzene rings is 1. The maximum absolute atomic E-state index is 12.3. The number of hydrogen-bond acceptors (Lipinski definition) is 4. The van der Waals surface area contributed by atoms with Crippen LogP contribution in [0.3, 0.4) is 0 Å². The van der Waals surface area contributed by atoms with E-state index in [0.29, 0.717) is 15.9 Å². The van der Waals surface area contributed by atoms with Crippen molar-refractivity contribution in [3.63, 3.8) is 0 Å². The molecular weight excluding hydrogens is 334 g/mol. The predicted octanol–water partition coefficient (Wildman–Crippen LogP) is 2.29. The molecule has 0 amide bonds. The highest BCUT2D eigenvalue weighted by molar-refractivity contribution is 9.10. The summed E-state index contributed by atoms with van der Waals surface area (Å²) >= 11 is 3.24. The van der Waals surface area contributed by atoms with Crippen LogP contribution >= 0.6 is 15.9 Å². The molecule has 8 heteroatoms. The highest BCUT2D eigenvalue weighted by Crippen LogP contribution is 2.28. The van der Waals surface area contributed by atoms with Gasteiger partial charge in [0.05, 0.1) is 13.3 Å². The van der Waals surface area contributed by atoms with Gasteiger partial charge >= 0.3 is 0 Å². The molecule has 2 rings (SSSR count). The van der Waals surface area contributed by atoms with Crippen molar-refractivity contribution in [2.75, 3.05) is 11.8 Å². The van der Waals surface area contributed by atoms with E-state index in [2.05, 4.69) is 30.8 Å². The van der Waals surface area contributed by atoms with E-state index in [1.165, 1.54) is 19.4 Å². The Kier molecular flexibility index (Phi) is 3.81. The lowest BCUT2D eigenvalue weighted by Crippen LogP contribution is -2.15. The number of sulfonamides is 1. The lowest BCUT2D eigenvalue weighted by molar-refractivity contribution is 0.403. The van der Waals surface area contributed by atoms with E-state index in [1.807, 2.05) is 0 Å². The molecule has 0 atom stereocenters. The molecule has 0 bridgehead atoms. The Morgan fingerprint density at radius 2 is 2.16 bits per heavy atom. The highest BCUT2D eigenvalue weighted by atomic mass is 79.9. The zero-order valence-electron chi connectivity index (χ0n) is 10.3. The van der Waals surface area contributed by atoms with Gasteiger partial charge in [0.1, 0.15) is 16.5 Å². The summed E-state index contributed by atoms with van der Waals surface area (Å²) in [7, 11) is -2.33. The lowest BCUT2D eigenvalue weighted by Gasteiger charge is -2.11. The number of aryl methyl sites for hydroxylation is 1. The maximum atomic E-state index is 12.3. The Balaban J connectivity index is 2.45. The van der Waals surface area contributed by atoms with Crippen LogP contribution < -0.4 is 9.46 Å². The third kappa shape index (κ3) is 2.90. The Morgan fingerprint density at radius 3 is 2.74 bits per heavy atom. The minimum absolute atomic E-state index is 0.0541. The van der Waals surface area contributed by atoms with E-state index in [4.69, 9.17) is 4.74 Å². The molecule has 0 radical (unpaired) electrons. The van der Waals surface area contributed by atoms with Crippen molar-refractivity contribution < 1.29 is 13.2 Å². The number of rotatable bonds is 4. The Morgan fingerprint density at radius 1 is 1.42 bits per heavy atom. The number of hydrogen-bond donors (Lipinski definition) is 2. The second-order valence-electron chi connectivity index (χ2n) is 3.83. The van der Waals surface area contributed by atoms with Crippen LogP contribution in [0, 0.1) is 6.92 Å². The van der Waals surface area contributed by atoms with Crippen LogP contribution in [0.4, 0.5) is 5.82 Å². The summed E-state index contributed by atoms with van der Waals surface area (Å²) in [5, 5.41) is 6.36. The van der Waals surface area contributed by atoms with Crippen molar-refractivity contribution in [3.05, 3.63) is 34.4 Å². The fourth-order valence-electron chi connectivity index (χ4n) is 1.50. The van der Waals surface area contributed by atoms with Crippen LogP contribution in [0.15, 0.2) is 33.8 Å². The number of nitrogens with one attached hydrogen (secondary N) is 2. The molecule has 0 saturated heterocycles. The number of anilines is 1. The minimum Gasteiger partial charge on any atom is -0.495 e. The first-order valence-electron chi connectivity index (χ1n) is 5.30. The van der Waals surface area contributed by atoms with Crippen LogP contribution in [0.25, 0.3) is 0 Å². The molecular formula is C11H12BrN3O3S. The Hall–Kier alpha value is -1.54. The third-order valence-electron chi connectivity index (χ3n) is 2.48. The number of aromatic amines is 1. The van der Waals surface area contributed by atoms with Gasteiger partial charge in [-0.1, -0.05) is 15.9 Å². The van der Waals surface area contributed by atoms with Gasteiger partial charge in [-0.25, -0.2) is 8.42 Å². The summed E-state index contributed by atoms with van der Waals surface area (Å²) in [4.78, 5) is 0.0541. The first kappa shape index (κ1) is 13.9. The third-order valence-corrected chi connectivity index (χ3v) is 4.34. The molecule has 0 aliphatic heterocycles. The van der Waals surface area contributed by atoms with Crippen LogP contribution in [-0.2, 0) is 10.0 Å². The molecule has 1 heterocycles. The quantitative estimate of drug-likeness (QED) is 0.890. The molecule has 1 aromatic heterocycles. The number of aromatic nitrogens is 2. The van der Waals surface area contributed by atoms with Crippen LogP contribution in [0.2, 0.25) is 0 Å². The van der Waals surface area contributed by atoms with Crippen molar-refractivity contribution in [1.82, 2.24) is 10.2 Å². The molecule has 19 heavy (non-hydrogen) atoms. The smallest absolute Gasteiger partial charge is 0.266 e. The number of nitrogens with zero attached hydrogens (tertiary/aromatic N) is 1. The molecule has 0 unspecified atom stereocenters. The Labute approximate surface area is 119 Å². The average molecular weight is 346 g/mol. The summed E-state index contributed by atoms with van der Waals surface area (Å²) in [5.41, 5.74) is 0.706. The van der Waals surface area contributed by atoms with Gasteiger partial charge in [-0.05, 0) is 25.1 Å². The van der Waals surface area contributed by atoms with Crippen LogP contribution in [0.1, 0.15) is 5.56 Å². The van der Waals surface area contributed by atoms with E-state index in [-0.39, 0.29) is 10.6 Å². The normalized spacial score (nSPS) is 11.3. The largest absolute Gasteiger partial charge is 0.495 e. The fourth-order valence-corrected chi connectivity index (χ4v) is 3.30. The van der Waals surface area contributed by atoms with Crippen molar-refractivity contribution in [1.29, 1.82) is 0 Å². The van der Waals surface area contributed by atoms with Gasteiger partial charge in [0.25, 0.3) is 10.0 Å². The van der Waals surface area contributed by atoms with Gasteiger partial charge in [-0.15, -0.1) is 0 Å². The van der Waals surface area contributed by atoms with Gasteiger partial charge in [-0.3, -0.25) is 9.82 Å². The number of methoxy groups -OCH3 is 1. The SMILES string of the molecule is COc1ccc(Br)cc1S(=O)(=O)Nc1[nH]ncc1C. The van der Waals surface area contributed by atoms with Gasteiger partial charge in [0.15, 0.2) is 0 Å². The molecule has 1 aromatic carbocycles. The molecule has 102 valence electrons. The molecule has 6 nitrogen and oxygen atoms in total. The van der Waals surface area contributed by atoms with E-state index in [0.717, 1.165) is 0 Å². The summed E-state index contributed by atoms with van der Waals surface area (Å²) in [6, 6.07) is 4.77. The fraction of sp³-hybridized carbons (Fsp3) is 0.182. The zero-order chi connectivity index (χ0) is 14.0. The zero-order valence-corrected chi connectivity index (χ0v) is 12.7. The van der Waals surface area contributed by atoms with Crippen LogP contribution in [0.5, 0.6) is 5.75 Å². The highest BCUT2D eigenvalue weighted by Gasteiger charge is 2.21. The summed E-state index contributed by atoms with van der Waals surface area (Å²) < 4.78 is 32.8. The van der Waals surface area contributed by atoms with Gasteiger partial charge < -0.3 is 4.74 Å². The topological polar surface area (TPSA) is 84.1 Å². The number of ether oxygens (including phenoxy) is 1.